The van der Waals surface area contributed by atoms with Gasteiger partial charge in [0.15, 0.2) is 5.82 Å². The average molecular weight is 380 g/mol. The Morgan fingerprint density at radius 1 is 1.19 bits per heavy atom. The van der Waals surface area contributed by atoms with E-state index in [0.717, 1.165) is 12.1 Å². The Morgan fingerprint density at radius 2 is 1.93 bits per heavy atom. The summed E-state index contributed by atoms with van der Waals surface area (Å²) in [6, 6.07) is 8.17. The zero-order valence-corrected chi connectivity index (χ0v) is 14.7. The molecule has 1 aliphatic heterocycles. The molecule has 27 heavy (non-hydrogen) atoms. The molecule has 0 aliphatic carbocycles. The number of halogens is 3. The first-order valence-corrected chi connectivity index (χ1v) is 8.47. The fourth-order valence-corrected chi connectivity index (χ4v) is 2.98. The van der Waals surface area contributed by atoms with Crippen molar-refractivity contribution < 1.29 is 22.7 Å². The van der Waals surface area contributed by atoms with Gasteiger partial charge >= 0.3 is 6.18 Å². The summed E-state index contributed by atoms with van der Waals surface area (Å²) in [5, 5.41) is 10.6. The van der Waals surface area contributed by atoms with Gasteiger partial charge in [0.25, 0.3) is 0 Å². The van der Waals surface area contributed by atoms with Gasteiger partial charge in [-0.2, -0.15) is 13.2 Å². The maximum absolute atomic E-state index is 12.8. The van der Waals surface area contributed by atoms with Gasteiger partial charge < -0.3 is 15.0 Å². The zero-order valence-electron chi connectivity index (χ0n) is 14.7. The van der Waals surface area contributed by atoms with Crippen LogP contribution in [0, 0.1) is 5.92 Å². The summed E-state index contributed by atoms with van der Waals surface area (Å²) < 4.78 is 43.3. The summed E-state index contributed by atoms with van der Waals surface area (Å²) in [6.07, 6.45) is -3.28. The highest BCUT2D eigenvalue weighted by Gasteiger charge is 2.31. The lowest BCUT2D eigenvalue weighted by molar-refractivity contribution is -0.137. The van der Waals surface area contributed by atoms with Gasteiger partial charge in [-0.25, -0.2) is 0 Å². The number of nitrogens with one attached hydrogen (secondary N) is 1. The molecule has 144 valence electrons. The van der Waals surface area contributed by atoms with Crippen molar-refractivity contribution in [2.45, 2.75) is 19.0 Å². The predicted octanol–water partition coefficient (Wildman–Crippen LogP) is 3.36. The highest BCUT2D eigenvalue weighted by Crippen LogP contribution is 2.31. The van der Waals surface area contributed by atoms with Crippen molar-refractivity contribution in [1.29, 1.82) is 0 Å². The molecule has 0 atom stereocenters. The van der Waals surface area contributed by atoms with E-state index < -0.39 is 11.7 Å². The number of methoxy groups -OCH3 is 1. The third-order valence-corrected chi connectivity index (χ3v) is 4.48. The van der Waals surface area contributed by atoms with Crippen LogP contribution in [0.3, 0.4) is 0 Å². The molecule has 0 unspecified atom stereocenters. The number of alkyl halides is 3. The van der Waals surface area contributed by atoms with Crippen LogP contribution in [0.1, 0.15) is 18.4 Å². The first-order valence-electron chi connectivity index (χ1n) is 8.47. The Hall–Kier alpha value is -2.84. The molecule has 2 heterocycles. The van der Waals surface area contributed by atoms with Gasteiger partial charge in [-0.1, -0.05) is 6.07 Å². The topological polar surface area (TPSA) is 67.3 Å². The first-order chi connectivity index (χ1) is 12.9. The summed E-state index contributed by atoms with van der Waals surface area (Å²) in [5.41, 5.74) is -0.633. The molecule has 1 aromatic carbocycles. The van der Waals surface area contributed by atoms with Crippen LogP contribution < -0.4 is 15.0 Å². The molecule has 1 aliphatic rings. The minimum absolute atomic E-state index is 0.151. The van der Waals surface area contributed by atoms with Crippen molar-refractivity contribution in [3.63, 3.8) is 0 Å². The van der Waals surface area contributed by atoms with Gasteiger partial charge in [0.1, 0.15) is 0 Å². The van der Waals surface area contributed by atoms with Gasteiger partial charge in [0, 0.05) is 30.8 Å². The van der Waals surface area contributed by atoms with E-state index in [0.29, 0.717) is 37.6 Å². The number of hydrogen-bond acceptors (Lipinski definition) is 5. The number of amides is 1. The number of benzene rings is 1. The van der Waals surface area contributed by atoms with Crippen LogP contribution in [-0.2, 0) is 11.0 Å². The number of rotatable bonds is 4. The minimum atomic E-state index is -4.44. The molecule has 1 N–H and O–H groups in total. The molecule has 0 bridgehead atoms. The van der Waals surface area contributed by atoms with E-state index in [1.54, 1.807) is 12.1 Å². The van der Waals surface area contributed by atoms with E-state index in [9.17, 15) is 18.0 Å². The van der Waals surface area contributed by atoms with Crippen molar-refractivity contribution in [2.75, 3.05) is 30.4 Å². The van der Waals surface area contributed by atoms with Crippen molar-refractivity contribution in [2.24, 2.45) is 5.92 Å². The van der Waals surface area contributed by atoms with Crippen molar-refractivity contribution >= 4 is 17.4 Å². The smallest absolute Gasteiger partial charge is 0.416 e. The maximum atomic E-state index is 12.8. The largest absolute Gasteiger partial charge is 0.480 e. The summed E-state index contributed by atoms with van der Waals surface area (Å²) in [7, 11) is 1.51. The van der Waals surface area contributed by atoms with E-state index in [4.69, 9.17) is 4.74 Å². The van der Waals surface area contributed by atoms with Crippen molar-refractivity contribution in [1.82, 2.24) is 10.2 Å². The molecular weight excluding hydrogens is 361 g/mol. The third-order valence-electron chi connectivity index (χ3n) is 4.48. The van der Waals surface area contributed by atoms with Crippen molar-refractivity contribution in [3.05, 3.63) is 42.0 Å². The Bertz CT molecular complexity index is 788. The molecule has 1 saturated heterocycles. The number of piperidine rings is 1. The van der Waals surface area contributed by atoms with E-state index in [-0.39, 0.29) is 17.5 Å². The van der Waals surface area contributed by atoms with Crippen LogP contribution in [-0.4, -0.2) is 36.3 Å². The lowest BCUT2D eigenvalue weighted by atomic mass is 9.95. The second-order valence-corrected chi connectivity index (χ2v) is 6.26. The van der Waals surface area contributed by atoms with E-state index in [1.807, 2.05) is 4.90 Å². The molecule has 9 heteroatoms. The molecule has 3 rings (SSSR count). The number of aromatic nitrogens is 2. The molecule has 0 radical (unpaired) electrons. The average Bonchev–Trinajstić information content (AvgIpc) is 2.68. The molecule has 2 aromatic rings. The summed E-state index contributed by atoms with van der Waals surface area (Å²) >= 11 is 0. The molecule has 1 amide bonds. The zero-order chi connectivity index (χ0) is 19.4. The minimum Gasteiger partial charge on any atom is -0.480 e. The standard InChI is InChI=1S/C18H19F3N4O2/c1-27-16-6-5-15(23-24-16)25-9-7-12(8-10-25)17(26)22-14-4-2-3-13(11-14)18(19,20)21/h2-6,11-12H,7-10H2,1H3,(H,22,26). The van der Waals surface area contributed by atoms with Crippen LogP contribution in [0.4, 0.5) is 24.7 Å². The Labute approximate surface area is 154 Å². The van der Waals surface area contributed by atoms with E-state index in [2.05, 4.69) is 15.5 Å². The fraction of sp³-hybridized carbons (Fsp3) is 0.389. The van der Waals surface area contributed by atoms with Crippen molar-refractivity contribution in [3.8, 4) is 5.88 Å². The third kappa shape index (κ3) is 4.66. The first kappa shape index (κ1) is 18.9. The SMILES string of the molecule is COc1ccc(N2CCC(C(=O)Nc3cccc(C(F)(F)F)c3)CC2)nn1. The molecule has 0 spiro atoms. The van der Waals surface area contributed by atoms with E-state index in [1.165, 1.54) is 19.2 Å². The number of nitrogens with zero attached hydrogens (tertiary/aromatic N) is 3. The molecule has 6 nitrogen and oxygen atoms in total. The monoisotopic (exact) mass is 380 g/mol. The number of carbonyl (C=O) groups is 1. The number of anilines is 2. The van der Waals surface area contributed by atoms with Crippen LogP contribution in [0.25, 0.3) is 0 Å². The Balaban J connectivity index is 1.57. The summed E-state index contributed by atoms with van der Waals surface area (Å²) in [6.45, 7) is 1.23. The lowest BCUT2D eigenvalue weighted by Gasteiger charge is -2.31. The highest BCUT2D eigenvalue weighted by molar-refractivity contribution is 5.92. The lowest BCUT2D eigenvalue weighted by Crippen LogP contribution is -2.38. The molecule has 1 aromatic heterocycles. The second-order valence-electron chi connectivity index (χ2n) is 6.26. The number of hydrogen-bond donors (Lipinski definition) is 1. The van der Waals surface area contributed by atoms with E-state index >= 15 is 0 Å². The normalized spacial score (nSPS) is 15.5. The number of ether oxygens (including phenoxy) is 1. The predicted molar refractivity (Wildman–Crippen MR) is 93.6 cm³/mol. The molecular formula is C18H19F3N4O2. The van der Waals surface area contributed by atoms with Gasteiger partial charge in [0.2, 0.25) is 11.8 Å². The van der Waals surface area contributed by atoms with Crippen LogP contribution in [0.15, 0.2) is 36.4 Å². The maximum Gasteiger partial charge on any atom is 0.416 e. The van der Waals surface area contributed by atoms with Crippen LogP contribution in [0.2, 0.25) is 0 Å². The molecule has 0 saturated carbocycles. The number of carbonyl (C=O) groups excluding carboxylic acids is 1. The second kappa shape index (κ2) is 7.81. The quantitative estimate of drug-likeness (QED) is 0.881. The highest BCUT2D eigenvalue weighted by atomic mass is 19.4. The van der Waals surface area contributed by atoms with Gasteiger partial charge in [-0.3, -0.25) is 4.79 Å². The Morgan fingerprint density at radius 3 is 2.52 bits per heavy atom. The summed E-state index contributed by atoms with van der Waals surface area (Å²) in [5.74, 6) is 0.596. The summed E-state index contributed by atoms with van der Waals surface area (Å²) in [4.78, 5) is 14.4. The van der Waals surface area contributed by atoms with Gasteiger partial charge in [-0.05, 0) is 37.1 Å². The van der Waals surface area contributed by atoms with Gasteiger partial charge in [0.05, 0.1) is 12.7 Å². The fourth-order valence-electron chi connectivity index (χ4n) is 2.98. The Kier molecular flexibility index (Phi) is 5.48. The van der Waals surface area contributed by atoms with Gasteiger partial charge in [-0.15, -0.1) is 10.2 Å². The molecule has 1 fully saturated rings. The van der Waals surface area contributed by atoms with Crippen LogP contribution in [0.5, 0.6) is 5.88 Å². The van der Waals surface area contributed by atoms with Crippen LogP contribution >= 0.6 is 0 Å².